The van der Waals surface area contributed by atoms with Crippen molar-refractivity contribution in [3.63, 3.8) is 0 Å². The van der Waals surface area contributed by atoms with Crippen LogP contribution in [-0.4, -0.2) is 91.9 Å². The van der Waals surface area contributed by atoms with Crippen LogP contribution in [0.4, 0.5) is 0 Å². The summed E-state index contributed by atoms with van der Waals surface area (Å²) in [5, 5.41) is 10.5. The highest BCUT2D eigenvalue weighted by Gasteiger charge is 2.78. The lowest BCUT2D eigenvalue weighted by atomic mass is 9.66. The molecule has 3 aliphatic rings. The Morgan fingerprint density at radius 1 is 1.19 bits per heavy atom. The van der Waals surface area contributed by atoms with Gasteiger partial charge in [0, 0.05) is 30.9 Å². The Hall–Kier alpha value is -1.80. The van der Waals surface area contributed by atoms with Gasteiger partial charge in [0.05, 0.1) is 29.2 Å². The van der Waals surface area contributed by atoms with Crippen molar-refractivity contribution in [1.29, 1.82) is 0 Å². The SMILES string of the molecule is C=CCN(C)C(=O)[C@@H]1[C@H]2C(=O)N([C@@H](CO)CC(C)C)C(C(=O)N(CC=C)C(C)CCC)C23CC[C@@]1(C)S3. The van der Waals surface area contributed by atoms with Crippen LogP contribution in [0.3, 0.4) is 0 Å². The summed E-state index contributed by atoms with van der Waals surface area (Å²) >= 11 is 1.68. The third kappa shape index (κ3) is 5.00. The number of hydrogen-bond acceptors (Lipinski definition) is 5. The molecular weight excluding hydrogens is 486 g/mol. The highest BCUT2D eigenvalue weighted by molar-refractivity contribution is 8.02. The third-order valence-corrected chi connectivity index (χ3v) is 10.7. The fourth-order valence-electron chi connectivity index (χ4n) is 7.11. The Bertz CT molecular complexity index is 910. The predicted octanol–water partition coefficient (Wildman–Crippen LogP) is 3.72. The van der Waals surface area contributed by atoms with E-state index in [0.717, 1.165) is 19.3 Å². The number of aliphatic hydroxyl groups is 1. The van der Waals surface area contributed by atoms with Gasteiger partial charge in [0.1, 0.15) is 6.04 Å². The highest BCUT2D eigenvalue weighted by atomic mass is 32.2. The van der Waals surface area contributed by atoms with E-state index in [2.05, 4.69) is 47.8 Å². The van der Waals surface area contributed by atoms with Crippen LogP contribution >= 0.6 is 11.8 Å². The second-order valence-electron chi connectivity index (χ2n) is 11.9. The first-order chi connectivity index (χ1) is 17.4. The monoisotopic (exact) mass is 533 g/mol. The van der Waals surface area contributed by atoms with E-state index in [9.17, 15) is 19.5 Å². The maximum Gasteiger partial charge on any atom is 0.247 e. The molecule has 3 rings (SSSR count). The number of nitrogens with zero attached hydrogens (tertiary/aromatic N) is 3. The van der Waals surface area contributed by atoms with E-state index in [0.29, 0.717) is 25.9 Å². The molecule has 7 atom stereocenters. The van der Waals surface area contributed by atoms with E-state index in [1.807, 2.05) is 4.90 Å². The van der Waals surface area contributed by atoms with E-state index >= 15 is 0 Å². The molecule has 3 aliphatic heterocycles. The summed E-state index contributed by atoms with van der Waals surface area (Å²) in [5.74, 6) is -1.15. The maximum atomic E-state index is 14.5. The van der Waals surface area contributed by atoms with Crippen molar-refractivity contribution < 1.29 is 19.5 Å². The van der Waals surface area contributed by atoms with Crippen molar-refractivity contribution in [2.24, 2.45) is 17.8 Å². The lowest BCUT2D eigenvalue weighted by molar-refractivity contribution is -0.148. The zero-order valence-corrected chi connectivity index (χ0v) is 24.4. The summed E-state index contributed by atoms with van der Waals surface area (Å²) in [7, 11) is 1.75. The second kappa shape index (κ2) is 11.5. The molecule has 3 fully saturated rings. The van der Waals surface area contributed by atoms with E-state index in [-0.39, 0.29) is 36.3 Å². The smallest absolute Gasteiger partial charge is 0.247 e. The van der Waals surface area contributed by atoms with Gasteiger partial charge in [0.25, 0.3) is 0 Å². The van der Waals surface area contributed by atoms with Crippen molar-refractivity contribution in [2.75, 3.05) is 26.7 Å². The quantitative estimate of drug-likeness (QED) is 0.365. The van der Waals surface area contributed by atoms with Gasteiger partial charge in [-0.15, -0.1) is 24.9 Å². The summed E-state index contributed by atoms with van der Waals surface area (Å²) in [4.78, 5) is 47.9. The zero-order valence-electron chi connectivity index (χ0n) is 23.6. The van der Waals surface area contributed by atoms with Crippen LogP contribution in [-0.2, 0) is 14.4 Å². The molecule has 8 heteroatoms. The zero-order chi connectivity index (χ0) is 27.7. The van der Waals surface area contributed by atoms with Gasteiger partial charge in [0.15, 0.2) is 0 Å². The minimum absolute atomic E-state index is 0.00378. The fourth-order valence-corrected chi connectivity index (χ4v) is 9.44. The lowest BCUT2D eigenvalue weighted by Crippen LogP contribution is -2.59. The lowest BCUT2D eigenvalue weighted by Gasteiger charge is -2.41. The minimum Gasteiger partial charge on any atom is -0.394 e. The van der Waals surface area contributed by atoms with E-state index < -0.39 is 33.4 Å². The molecule has 0 aromatic carbocycles. The molecule has 2 bridgehead atoms. The Balaban J connectivity index is 2.15. The van der Waals surface area contributed by atoms with Gasteiger partial charge in [-0.05, 0) is 45.4 Å². The Kier molecular flexibility index (Phi) is 9.26. The molecule has 0 aliphatic carbocycles. The molecule has 0 saturated carbocycles. The normalized spacial score (nSPS) is 31.8. The number of carbonyl (C=O) groups excluding carboxylic acids is 3. The largest absolute Gasteiger partial charge is 0.394 e. The maximum absolute atomic E-state index is 14.5. The number of carbonyl (C=O) groups is 3. The molecule has 0 aromatic rings. The van der Waals surface area contributed by atoms with Crippen molar-refractivity contribution >= 4 is 29.5 Å². The Labute approximate surface area is 227 Å². The number of aliphatic hydroxyl groups excluding tert-OH is 1. The number of hydrogen-bond donors (Lipinski definition) is 1. The molecule has 3 unspecified atom stereocenters. The van der Waals surface area contributed by atoms with Gasteiger partial charge in [-0.1, -0.05) is 39.3 Å². The average Bonchev–Trinajstić information content (AvgIpc) is 3.41. The average molecular weight is 534 g/mol. The topological polar surface area (TPSA) is 81.2 Å². The van der Waals surface area contributed by atoms with Crippen molar-refractivity contribution in [2.45, 2.75) is 94.3 Å². The molecular formula is C29H47N3O4S. The second-order valence-corrected chi connectivity index (χ2v) is 13.8. The van der Waals surface area contributed by atoms with Gasteiger partial charge in [-0.3, -0.25) is 14.4 Å². The number of amides is 3. The van der Waals surface area contributed by atoms with Crippen molar-refractivity contribution in [3.8, 4) is 0 Å². The molecule has 0 aromatic heterocycles. The van der Waals surface area contributed by atoms with Crippen LogP contribution in [0.25, 0.3) is 0 Å². The molecule has 37 heavy (non-hydrogen) atoms. The molecule has 3 heterocycles. The van der Waals surface area contributed by atoms with Crippen LogP contribution in [0.15, 0.2) is 25.3 Å². The molecule has 1 N–H and O–H groups in total. The molecule has 208 valence electrons. The number of rotatable bonds is 13. The van der Waals surface area contributed by atoms with Gasteiger partial charge < -0.3 is 19.8 Å². The fraction of sp³-hybridized carbons (Fsp3) is 0.759. The van der Waals surface area contributed by atoms with Gasteiger partial charge in [0.2, 0.25) is 17.7 Å². The molecule has 7 nitrogen and oxygen atoms in total. The first kappa shape index (κ1) is 29.8. The molecule has 0 radical (unpaired) electrons. The highest BCUT2D eigenvalue weighted by Crippen LogP contribution is 2.72. The summed E-state index contributed by atoms with van der Waals surface area (Å²) in [6.45, 7) is 18.6. The molecule has 3 saturated heterocycles. The summed E-state index contributed by atoms with van der Waals surface area (Å²) in [5.41, 5.74) is 0. The van der Waals surface area contributed by atoms with Crippen LogP contribution < -0.4 is 0 Å². The van der Waals surface area contributed by atoms with Crippen LogP contribution in [0, 0.1) is 17.8 Å². The van der Waals surface area contributed by atoms with Gasteiger partial charge >= 0.3 is 0 Å². The minimum atomic E-state index is -0.713. The van der Waals surface area contributed by atoms with Gasteiger partial charge in [-0.25, -0.2) is 0 Å². The number of likely N-dealkylation sites (N-methyl/N-ethyl adjacent to an activating group) is 1. The number of thioether (sulfide) groups is 1. The Morgan fingerprint density at radius 3 is 2.38 bits per heavy atom. The third-order valence-electron chi connectivity index (χ3n) is 8.69. The summed E-state index contributed by atoms with van der Waals surface area (Å²) in [6, 6.07) is -1.19. The van der Waals surface area contributed by atoms with Crippen LogP contribution in [0.5, 0.6) is 0 Å². The van der Waals surface area contributed by atoms with E-state index in [4.69, 9.17) is 0 Å². The van der Waals surface area contributed by atoms with E-state index in [1.54, 1.807) is 40.8 Å². The van der Waals surface area contributed by atoms with Crippen LogP contribution in [0.1, 0.15) is 66.7 Å². The summed E-state index contributed by atoms with van der Waals surface area (Å²) < 4.78 is -1.10. The molecule has 1 spiro atoms. The summed E-state index contributed by atoms with van der Waals surface area (Å²) in [6.07, 6.45) is 7.30. The number of fused-ring (bicyclic) bond motifs is 1. The predicted molar refractivity (Wildman–Crippen MR) is 150 cm³/mol. The van der Waals surface area contributed by atoms with E-state index in [1.165, 1.54) is 0 Å². The molecule has 3 amide bonds. The van der Waals surface area contributed by atoms with Crippen LogP contribution in [0.2, 0.25) is 0 Å². The van der Waals surface area contributed by atoms with Crippen molar-refractivity contribution in [3.05, 3.63) is 25.3 Å². The number of likely N-dealkylation sites (tertiary alicyclic amines) is 1. The van der Waals surface area contributed by atoms with Gasteiger partial charge in [-0.2, -0.15) is 0 Å². The standard InChI is InChI=1S/C29H47N3O4S/c1-9-12-20(6)31(16-11-3)27(36)24-29-14-13-28(7,37-29)22(25(34)30(8)15-10-2)23(29)26(35)32(24)21(18-33)17-19(4)5/h10-11,19-24,33H,2-3,9,12-18H2,1,4-8H3/t20?,21-,22+,23+,24?,28-,29?/m1/s1. The first-order valence-corrected chi connectivity index (χ1v) is 14.7. The van der Waals surface area contributed by atoms with Crippen molar-refractivity contribution in [1.82, 2.24) is 14.7 Å². The first-order valence-electron chi connectivity index (χ1n) is 13.8. The Morgan fingerprint density at radius 2 is 1.84 bits per heavy atom.